The molecule has 0 aromatic heterocycles. The summed E-state index contributed by atoms with van der Waals surface area (Å²) >= 11 is 0. The van der Waals surface area contributed by atoms with Crippen LogP contribution in [-0.2, 0) is 4.79 Å². The van der Waals surface area contributed by atoms with Gasteiger partial charge in [-0.3, -0.25) is 4.79 Å². The zero-order valence-corrected chi connectivity index (χ0v) is 11.8. The Balaban J connectivity index is 3.07. The van der Waals surface area contributed by atoms with Gasteiger partial charge >= 0.3 is 5.97 Å². The summed E-state index contributed by atoms with van der Waals surface area (Å²) in [4.78, 5) is 11.3. The predicted octanol–water partition coefficient (Wildman–Crippen LogP) is 3.18. The summed E-state index contributed by atoms with van der Waals surface area (Å²) in [5, 5.41) is 12.4. The zero-order valence-electron chi connectivity index (χ0n) is 11.8. The fourth-order valence-electron chi connectivity index (χ4n) is 2.14. The normalized spacial score (nSPS) is 13.7. The lowest BCUT2D eigenvalue weighted by molar-refractivity contribution is -0.148. The minimum atomic E-state index is -0.839. The number of hydrogen-bond donors (Lipinski definition) is 2. The first kappa shape index (κ1) is 14.7. The fourth-order valence-corrected chi connectivity index (χ4v) is 2.14. The molecule has 0 spiro atoms. The Morgan fingerprint density at radius 3 is 1.94 bits per heavy atom. The summed E-state index contributed by atoms with van der Waals surface area (Å²) in [6, 6.07) is 7.98. The second kappa shape index (κ2) is 5.53. The van der Waals surface area contributed by atoms with Crippen LogP contribution < -0.4 is 5.32 Å². The average molecular weight is 249 g/mol. The van der Waals surface area contributed by atoms with Gasteiger partial charge in [0.05, 0.1) is 5.41 Å². The first-order valence-electron chi connectivity index (χ1n) is 6.31. The van der Waals surface area contributed by atoms with Crippen molar-refractivity contribution in [2.75, 3.05) is 7.05 Å². The largest absolute Gasteiger partial charge is 0.481 e. The van der Waals surface area contributed by atoms with Gasteiger partial charge in [-0.1, -0.05) is 38.1 Å². The van der Waals surface area contributed by atoms with E-state index in [2.05, 4.69) is 31.3 Å². The van der Waals surface area contributed by atoms with E-state index in [0.717, 1.165) is 5.56 Å². The van der Waals surface area contributed by atoms with E-state index >= 15 is 0 Å². The van der Waals surface area contributed by atoms with Crippen molar-refractivity contribution in [1.29, 1.82) is 0 Å². The van der Waals surface area contributed by atoms with Crippen LogP contribution in [0.1, 0.15) is 50.8 Å². The van der Waals surface area contributed by atoms with Gasteiger partial charge in [0.1, 0.15) is 0 Å². The topological polar surface area (TPSA) is 49.3 Å². The Morgan fingerprint density at radius 2 is 1.61 bits per heavy atom. The maximum atomic E-state index is 11.3. The summed E-state index contributed by atoms with van der Waals surface area (Å²) in [6.07, 6.45) is 0. The van der Waals surface area contributed by atoms with Gasteiger partial charge in [0.25, 0.3) is 0 Å². The molecule has 1 aromatic carbocycles. The molecule has 1 atom stereocenters. The molecule has 100 valence electrons. The van der Waals surface area contributed by atoms with Crippen molar-refractivity contribution in [2.45, 2.75) is 39.7 Å². The van der Waals surface area contributed by atoms with Crippen LogP contribution >= 0.6 is 0 Å². The molecule has 0 heterocycles. The van der Waals surface area contributed by atoms with E-state index in [0.29, 0.717) is 5.92 Å². The smallest absolute Gasteiger partial charge is 0.311 e. The van der Waals surface area contributed by atoms with E-state index in [-0.39, 0.29) is 6.04 Å². The molecule has 0 aliphatic carbocycles. The molecule has 0 saturated carbocycles. The van der Waals surface area contributed by atoms with Crippen LogP contribution in [0.4, 0.5) is 0 Å². The highest BCUT2D eigenvalue weighted by Crippen LogP contribution is 2.33. The summed E-state index contributed by atoms with van der Waals surface area (Å²) < 4.78 is 0. The summed E-state index contributed by atoms with van der Waals surface area (Å²) in [7, 11) is 1.80. The van der Waals surface area contributed by atoms with Crippen LogP contribution in [0.15, 0.2) is 24.3 Å². The van der Waals surface area contributed by atoms with Crippen LogP contribution in [0.2, 0.25) is 0 Å². The summed E-state index contributed by atoms with van der Waals surface area (Å²) in [5.74, 6) is -0.311. The van der Waals surface area contributed by atoms with Gasteiger partial charge in [-0.15, -0.1) is 0 Å². The third-order valence-electron chi connectivity index (χ3n) is 3.50. The van der Waals surface area contributed by atoms with Crippen molar-refractivity contribution >= 4 is 5.97 Å². The van der Waals surface area contributed by atoms with E-state index < -0.39 is 11.4 Å². The highest BCUT2D eigenvalue weighted by atomic mass is 16.4. The first-order chi connectivity index (χ1) is 8.30. The lowest BCUT2D eigenvalue weighted by Crippen LogP contribution is -2.38. The molecule has 1 aromatic rings. The third kappa shape index (κ3) is 2.91. The summed E-state index contributed by atoms with van der Waals surface area (Å²) in [6.45, 7) is 7.78. The molecular weight excluding hydrogens is 226 g/mol. The Bertz CT molecular complexity index is 407. The van der Waals surface area contributed by atoms with Crippen LogP contribution in [-0.4, -0.2) is 18.1 Å². The lowest BCUT2D eigenvalue weighted by Gasteiger charge is -2.30. The molecule has 1 rings (SSSR count). The maximum Gasteiger partial charge on any atom is 0.311 e. The van der Waals surface area contributed by atoms with Crippen molar-refractivity contribution in [3.8, 4) is 0 Å². The Hall–Kier alpha value is -1.35. The Kier molecular flexibility index (Phi) is 4.52. The van der Waals surface area contributed by atoms with Gasteiger partial charge in [0, 0.05) is 6.04 Å². The predicted molar refractivity (Wildman–Crippen MR) is 73.7 cm³/mol. The van der Waals surface area contributed by atoms with Gasteiger partial charge in [0.2, 0.25) is 0 Å². The van der Waals surface area contributed by atoms with E-state index in [9.17, 15) is 9.90 Å². The third-order valence-corrected chi connectivity index (χ3v) is 3.50. The fraction of sp³-hybridized carbons (Fsp3) is 0.533. The second-order valence-electron chi connectivity index (χ2n) is 5.57. The van der Waals surface area contributed by atoms with Crippen LogP contribution in [0.3, 0.4) is 0 Å². The molecule has 3 nitrogen and oxygen atoms in total. The van der Waals surface area contributed by atoms with Crippen molar-refractivity contribution in [3.63, 3.8) is 0 Å². The molecule has 0 aliphatic rings. The average Bonchev–Trinajstić information content (AvgIpc) is 2.30. The van der Waals surface area contributed by atoms with Crippen LogP contribution in [0.5, 0.6) is 0 Å². The molecule has 1 unspecified atom stereocenters. The zero-order chi connectivity index (χ0) is 13.9. The standard InChI is InChI=1S/C15H23NO2/c1-10(2)11-6-8-12(9-7-11)13(16-5)15(3,4)14(17)18/h6-10,13,16H,1-5H3,(H,17,18). The van der Waals surface area contributed by atoms with Gasteiger partial charge in [-0.25, -0.2) is 0 Å². The van der Waals surface area contributed by atoms with Gasteiger partial charge < -0.3 is 10.4 Å². The molecule has 0 fully saturated rings. The van der Waals surface area contributed by atoms with Crippen LogP contribution in [0.25, 0.3) is 0 Å². The minimum absolute atomic E-state index is 0.198. The number of carbonyl (C=O) groups is 1. The van der Waals surface area contributed by atoms with Gasteiger partial charge in [-0.2, -0.15) is 0 Å². The molecule has 0 radical (unpaired) electrons. The van der Waals surface area contributed by atoms with Crippen molar-refractivity contribution in [2.24, 2.45) is 5.41 Å². The van der Waals surface area contributed by atoms with Crippen molar-refractivity contribution in [1.82, 2.24) is 5.32 Å². The minimum Gasteiger partial charge on any atom is -0.481 e. The Labute approximate surface area is 109 Å². The Morgan fingerprint density at radius 1 is 1.17 bits per heavy atom. The molecular formula is C15H23NO2. The molecule has 0 amide bonds. The first-order valence-corrected chi connectivity index (χ1v) is 6.31. The highest BCUT2D eigenvalue weighted by molar-refractivity contribution is 5.75. The lowest BCUT2D eigenvalue weighted by atomic mass is 9.80. The number of aliphatic carboxylic acids is 1. The highest BCUT2D eigenvalue weighted by Gasteiger charge is 2.36. The molecule has 0 bridgehead atoms. The van der Waals surface area contributed by atoms with E-state index in [4.69, 9.17) is 0 Å². The van der Waals surface area contributed by atoms with Gasteiger partial charge in [-0.05, 0) is 37.9 Å². The monoisotopic (exact) mass is 249 g/mol. The number of carboxylic acid groups (broad SMARTS) is 1. The second-order valence-corrected chi connectivity index (χ2v) is 5.57. The SMILES string of the molecule is CNC(c1ccc(C(C)C)cc1)C(C)(C)C(=O)O. The molecule has 2 N–H and O–H groups in total. The number of benzene rings is 1. The van der Waals surface area contributed by atoms with E-state index in [1.807, 2.05) is 12.1 Å². The number of rotatable bonds is 5. The number of nitrogens with one attached hydrogen (secondary N) is 1. The van der Waals surface area contributed by atoms with Crippen LogP contribution in [0, 0.1) is 5.41 Å². The molecule has 18 heavy (non-hydrogen) atoms. The number of carboxylic acids is 1. The molecule has 0 aliphatic heterocycles. The van der Waals surface area contributed by atoms with Crippen molar-refractivity contribution in [3.05, 3.63) is 35.4 Å². The van der Waals surface area contributed by atoms with E-state index in [1.54, 1.807) is 20.9 Å². The molecule has 3 heteroatoms. The summed E-state index contributed by atoms with van der Waals surface area (Å²) in [5.41, 5.74) is 1.43. The van der Waals surface area contributed by atoms with Crippen molar-refractivity contribution < 1.29 is 9.90 Å². The molecule has 0 saturated heterocycles. The van der Waals surface area contributed by atoms with Gasteiger partial charge in [0.15, 0.2) is 0 Å². The number of hydrogen-bond acceptors (Lipinski definition) is 2. The van der Waals surface area contributed by atoms with E-state index in [1.165, 1.54) is 5.56 Å². The maximum absolute atomic E-state index is 11.3. The quantitative estimate of drug-likeness (QED) is 0.842.